The number of hydrogen-bond donors (Lipinski definition) is 4. The van der Waals surface area contributed by atoms with Crippen molar-refractivity contribution in [2.45, 2.75) is 37.4 Å². The molecule has 0 saturated carbocycles. The first-order valence-corrected chi connectivity index (χ1v) is 17.3. The smallest absolute Gasteiger partial charge is 0.261 e. The Bertz CT molecular complexity index is 1910. The number of aliphatic hydroxyl groups is 1. The second-order valence-electron chi connectivity index (χ2n) is 12.3. The number of anilines is 3. The number of likely N-dealkylation sites (N-methyl/N-ethyl adjacent to an activating group) is 1. The van der Waals surface area contributed by atoms with Crippen molar-refractivity contribution in [1.29, 1.82) is 0 Å². The predicted molar refractivity (Wildman–Crippen MR) is 186 cm³/mol. The first-order valence-electron chi connectivity index (χ1n) is 15.8. The molecule has 0 fully saturated rings. The molecule has 0 unspecified atom stereocenters. The van der Waals surface area contributed by atoms with Crippen molar-refractivity contribution in [3.8, 4) is 5.75 Å². The maximum Gasteiger partial charge on any atom is 0.261 e. The van der Waals surface area contributed by atoms with Crippen molar-refractivity contribution in [2.24, 2.45) is 5.92 Å². The van der Waals surface area contributed by atoms with Crippen LogP contribution in [0.3, 0.4) is 0 Å². The Morgan fingerprint density at radius 2 is 1.78 bits per heavy atom. The van der Waals surface area contributed by atoms with Gasteiger partial charge in [0.2, 0.25) is 0 Å². The molecule has 0 radical (unpaired) electrons. The number of nitrogen functional groups attached to an aromatic ring is 1. The lowest BCUT2D eigenvalue weighted by molar-refractivity contribution is 0.0341. The quantitative estimate of drug-likeness (QED) is 0.164. The number of rotatable bonds is 11. The van der Waals surface area contributed by atoms with Gasteiger partial charge in [0.25, 0.3) is 21.8 Å². The van der Waals surface area contributed by atoms with Crippen molar-refractivity contribution < 1.29 is 32.2 Å². The van der Waals surface area contributed by atoms with Crippen LogP contribution in [0.2, 0.25) is 0 Å². The molecule has 4 aromatic rings. The Labute approximate surface area is 285 Å². The van der Waals surface area contributed by atoms with Crippen molar-refractivity contribution in [1.82, 2.24) is 9.80 Å². The van der Waals surface area contributed by atoms with Crippen molar-refractivity contribution in [3.05, 3.63) is 114 Å². The number of amides is 2. The van der Waals surface area contributed by atoms with Gasteiger partial charge in [-0.1, -0.05) is 31.2 Å². The molecule has 1 aliphatic heterocycles. The summed E-state index contributed by atoms with van der Waals surface area (Å²) in [5.41, 5.74) is 8.71. The molecule has 13 heteroatoms. The highest BCUT2D eigenvalue weighted by atomic mass is 32.2. The summed E-state index contributed by atoms with van der Waals surface area (Å²) in [7, 11) is -2.12. The number of para-hydroxylation sites is 2. The van der Waals surface area contributed by atoms with Crippen LogP contribution in [0.4, 0.5) is 21.5 Å². The Morgan fingerprint density at radius 1 is 1.08 bits per heavy atom. The molecule has 0 saturated heterocycles. The summed E-state index contributed by atoms with van der Waals surface area (Å²) in [5.74, 6) is -1.10. The summed E-state index contributed by atoms with van der Waals surface area (Å²) in [5, 5.41) is 12.8. The maximum atomic E-state index is 13.8. The van der Waals surface area contributed by atoms with E-state index in [0.717, 1.165) is 29.8 Å². The Balaban J connectivity index is 1.32. The van der Waals surface area contributed by atoms with Crippen molar-refractivity contribution >= 4 is 38.9 Å². The average molecular weight is 690 g/mol. The minimum Gasteiger partial charge on any atom is -0.488 e. The van der Waals surface area contributed by atoms with Crippen LogP contribution in [0.5, 0.6) is 5.75 Å². The molecule has 0 aliphatic carbocycles. The van der Waals surface area contributed by atoms with Crippen LogP contribution in [0.1, 0.15) is 40.1 Å². The van der Waals surface area contributed by atoms with Crippen molar-refractivity contribution in [2.75, 3.05) is 42.5 Å². The van der Waals surface area contributed by atoms with Crippen LogP contribution in [-0.4, -0.2) is 74.0 Å². The summed E-state index contributed by atoms with van der Waals surface area (Å²) < 4.78 is 48.3. The number of aliphatic hydroxyl groups excluding tert-OH is 1. The van der Waals surface area contributed by atoms with Gasteiger partial charge in [0, 0.05) is 36.8 Å². The first-order chi connectivity index (χ1) is 23.3. The van der Waals surface area contributed by atoms with E-state index >= 15 is 0 Å². The van der Waals surface area contributed by atoms with E-state index in [1.165, 1.54) is 12.1 Å². The minimum absolute atomic E-state index is 0.128. The molecule has 5 rings (SSSR count). The number of fused-ring (bicyclic) bond motifs is 1. The van der Waals surface area contributed by atoms with Gasteiger partial charge in [-0.15, -0.1) is 0 Å². The van der Waals surface area contributed by atoms with E-state index in [0.29, 0.717) is 36.6 Å². The largest absolute Gasteiger partial charge is 0.488 e. The average Bonchev–Trinajstić information content (AvgIpc) is 3.07. The van der Waals surface area contributed by atoms with E-state index in [9.17, 15) is 27.5 Å². The highest BCUT2D eigenvalue weighted by Crippen LogP contribution is 2.31. The SMILES string of the molecule is C[C@@H]1CN([C@@H](C)CO)C(=O)c2cc(NS(=O)(=O)c3ccc(F)cc3)ccc2O[C@H]1CN(C)Cc1ccc(C(=O)Nc2ccccc2N)cc1. The first kappa shape index (κ1) is 35.3. The third kappa shape index (κ3) is 8.55. The molecule has 4 aromatic carbocycles. The zero-order chi connectivity index (χ0) is 35.3. The van der Waals surface area contributed by atoms with Gasteiger partial charge in [-0.2, -0.15) is 0 Å². The third-order valence-electron chi connectivity index (χ3n) is 8.41. The van der Waals surface area contributed by atoms with Gasteiger partial charge in [0.05, 0.1) is 34.5 Å². The molecule has 1 aliphatic rings. The number of benzene rings is 4. The number of carbonyl (C=O) groups is 2. The third-order valence-corrected chi connectivity index (χ3v) is 9.81. The van der Waals surface area contributed by atoms with Gasteiger partial charge >= 0.3 is 0 Å². The number of nitrogens with zero attached hydrogens (tertiary/aromatic N) is 2. The number of carbonyl (C=O) groups excluding carboxylic acids is 2. The lowest BCUT2D eigenvalue weighted by atomic mass is 9.99. The van der Waals surface area contributed by atoms with Gasteiger partial charge in [-0.25, -0.2) is 12.8 Å². The fourth-order valence-electron chi connectivity index (χ4n) is 5.58. The van der Waals surface area contributed by atoms with E-state index in [-0.39, 0.29) is 46.4 Å². The van der Waals surface area contributed by atoms with Gasteiger partial charge in [-0.3, -0.25) is 19.2 Å². The Hall–Kier alpha value is -4.98. The van der Waals surface area contributed by atoms with Crippen molar-refractivity contribution in [3.63, 3.8) is 0 Å². The van der Waals surface area contributed by atoms with Gasteiger partial charge in [0.15, 0.2) is 0 Å². The van der Waals surface area contributed by atoms with Crippen LogP contribution in [-0.2, 0) is 16.6 Å². The number of halogens is 1. The zero-order valence-corrected chi connectivity index (χ0v) is 28.3. The second kappa shape index (κ2) is 15.1. The standard InChI is InChI=1S/C36H40FN5O6S/c1-23-19-42(24(2)22-43)36(45)30-18-28(40-49(46,47)29-15-12-27(37)13-16-29)14-17-33(30)48-34(23)21-41(3)20-25-8-10-26(11-9-25)35(44)39-32-7-5-4-6-31(32)38/h4-18,23-24,34,40,43H,19-22,38H2,1-3H3,(H,39,44)/t23-,24+,34+/m1/s1. The van der Waals surface area contributed by atoms with Crippen LogP contribution < -0.4 is 20.5 Å². The van der Waals surface area contributed by atoms with Crippen LogP contribution in [0.25, 0.3) is 0 Å². The lowest BCUT2D eigenvalue weighted by Gasteiger charge is -2.38. The lowest BCUT2D eigenvalue weighted by Crippen LogP contribution is -2.49. The van der Waals surface area contributed by atoms with E-state index < -0.39 is 27.8 Å². The molecule has 5 N–H and O–H groups in total. The number of hydrogen-bond acceptors (Lipinski definition) is 8. The molecular weight excluding hydrogens is 649 g/mol. The zero-order valence-electron chi connectivity index (χ0n) is 27.5. The van der Waals surface area contributed by atoms with Crippen LogP contribution in [0.15, 0.2) is 95.9 Å². The molecule has 1 heterocycles. The summed E-state index contributed by atoms with van der Waals surface area (Å²) in [4.78, 5) is 30.1. The molecular formula is C36H40FN5O6S. The van der Waals surface area contributed by atoms with E-state index in [1.54, 1.807) is 54.3 Å². The van der Waals surface area contributed by atoms with E-state index in [1.807, 2.05) is 26.1 Å². The predicted octanol–water partition coefficient (Wildman–Crippen LogP) is 4.81. The molecule has 0 spiro atoms. The molecule has 258 valence electrons. The van der Waals surface area contributed by atoms with E-state index in [2.05, 4.69) is 14.9 Å². The second-order valence-corrected chi connectivity index (χ2v) is 14.0. The monoisotopic (exact) mass is 689 g/mol. The molecule has 2 amide bonds. The summed E-state index contributed by atoms with van der Waals surface area (Å²) in [6.07, 6.45) is -0.381. The van der Waals surface area contributed by atoms with Crippen LogP contribution in [0, 0.1) is 11.7 Å². The normalized spacial score (nSPS) is 17.0. The topological polar surface area (TPSA) is 154 Å². The highest BCUT2D eigenvalue weighted by Gasteiger charge is 2.34. The molecule has 0 aromatic heterocycles. The fraction of sp³-hybridized carbons (Fsp3) is 0.278. The van der Waals surface area contributed by atoms with Gasteiger partial charge in [-0.05, 0) is 86.3 Å². The molecule has 0 bridgehead atoms. The fourth-order valence-corrected chi connectivity index (χ4v) is 6.63. The summed E-state index contributed by atoms with van der Waals surface area (Å²) >= 11 is 0. The highest BCUT2D eigenvalue weighted by molar-refractivity contribution is 7.92. The van der Waals surface area contributed by atoms with Gasteiger partial charge < -0.3 is 25.8 Å². The summed E-state index contributed by atoms with van der Waals surface area (Å²) in [6.45, 7) is 4.78. The Kier molecular flexibility index (Phi) is 10.9. The number of ether oxygens (including phenoxy) is 1. The summed E-state index contributed by atoms with van der Waals surface area (Å²) in [6, 6.07) is 22.7. The molecule has 11 nitrogen and oxygen atoms in total. The maximum absolute atomic E-state index is 13.8. The number of sulfonamides is 1. The molecule has 3 atom stereocenters. The van der Waals surface area contributed by atoms with Crippen LogP contribution >= 0.6 is 0 Å². The number of nitrogens with one attached hydrogen (secondary N) is 2. The minimum atomic E-state index is -4.07. The molecule has 49 heavy (non-hydrogen) atoms. The Morgan fingerprint density at radius 3 is 2.45 bits per heavy atom. The van der Waals surface area contributed by atoms with Gasteiger partial charge in [0.1, 0.15) is 17.7 Å². The van der Waals surface area contributed by atoms with E-state index in [4.69, 9.17) is 10.5 Å². The number of nitrogens with two attached hydrogens (primary N) is 1.